The molecule has 8 heteroatoms. The molecule has 0 amide bonds. The third-order valence-electron chi connectivity index (χ3n) is 4.55. The molecule has 0 saturated heterocycles. The van der Waals surface area contributed by atoms with Gasteiger partial charge < -0.3 is 0 Å². The van der Waals surface area contributed by atoms with E-state index >= 15 is 0 Å². The first kappa shape index (κ1) is 20.2. The first-order valence-corrected chi connectivity index (χ1v) is 9.66. The van der Waals surface area contributed by atoms with Crippen LogP contribution < -0.4 is 0 Å². The molecule has 1 saturated carbocycles. The van der Waals surface area contributed by atoms with Crippen molar-refractivity contribution < 1.29 is 31.7 Å². The average Bonchev–Trinajstić information content (AvgIpc) is 2.66. The number of hydrogen-bond donors (Lipinski definition) is 0. The van der Waals surface area contributed by atoms with Gasteiger partial charge in [-0.1, -0.05) is 49.6 Å². The van der Waals surface area contributed by atoms with Gasteiger partial charge in [-0.3, -0.25) is 18.4 Å². The molecule has 0 spiro atoms. The third-order valence-corrected chi connectivity index (χ3v) is 5.96. The average molecular weight is 376 g/mol. The van der Waals surface area contributed by atoms with Crippen molar-refractivity contribution in [2.45, 2.75) is 44.1 Å². The van der Waals surface area contributed by atoms with E-state index in [0.29, 0.717) is 12.8 Å². The lowest BCUT2D eigenvalue weighted by Gasteiger charge is -2.37. The molecule has 0 heterocycles. The normalized spacial score (nSPS) is 18.9. The number of phosphoric acid groups is 1. The van der Waals surface area contributed by atoms with Gasteiger partial charge in [0.1, 0.15) is 0 Å². The molecule has 1 aliphatic rings. The second kappa shape index (κ2) is 8.49. The number of Topliss-reactive ketones (excluding diaryl/α,β-unsaturated/α-hetero) is 1. The smallest absolute Gasteiger partial charge is 0.295 e. The fourth-order valence-electron chi connectivity index (χ4n) is 3.19. The summed E-state index contributed by atoms with van der Waals surface area (Å²) in [7, 11) is -2.28. The summed E-state index contributed by atoms with van der Waals surface area (Å²) in [6.07, 6.45) is 0.323. The van der Waals surface area contributed by atoms with Crippen LogP contribution in [0.5, 0.6) is 0 Å². The quantitative estimate of drug-likeness (QED) is 0.615. The molecule has 1 aromatic carbocycles. The number of ketones is 1. The molecule has 0 aliphatic heterocycles. The minimum Gasteiger partial charge on any atom is -0.295 e. The van der Waals surface area contributed by atoms with Crippen LogP contribution >= 0.6 is 7.82 Å². The third kappa shape index (κ3) is 4.17. The maximum atomic E-state index is 14.3. The number of hydrogen-bond acceptors (Lipinski definition) is 5. The highest BCUT2D eigenvalue weighted by atomic mass is 31.2. The number of alkyl halides is 2. The molecule has 1 atom stereocenters. The molecule has 1 aromatic rings. The molecular formula is C17H23F2O5P. The van der Waals surface area contributed by atoms with Crippen molar-refractivity contribution in [3.8, 4) is 0 Å². The zero-order valence-electron chi connectivity index (χ0n) is 14.3. The predicted molar refractivity (Wildman–Crippen MR) is 88.4 cm³/mol. The van der Waals surface area contributed by atoms with Crippen LogP contribution in [-0.2, 0) is 28.5 Å². The van der Waals surface area contributed by atoms with Crippen molar-refractivity contribution in [3.63, 3.8) is 0 Å². The number of carbonyl (C=O) groups is 1. The van der Waals surface area contributed by atoms with Gasteiger partial charge in [-0.25, -0.2) is 13.3 Å². The zero-order chi connectivity index (χ0) is 18.5. The lowest BCUT2D eigenvalue weighted by molar-refractivity contribution is -0.161. The van der Waals surface area contributed by atoms with E-state index < -0.39 is 31.6 Å². The molecule has 0 N–H and O–H groups in total. The van der Waals surface area contributed by atoms with Gasteiger partial charge in [0.15, 0.2) is 5.78 Å². The van der Waals surface area contributed by atoms with Gasteiger partial charge in [0.2, 0.25) is 5.60 Å². The Labute approximate surface area is 146 Å². The van der Waals surface area contributed by atoms with E-state index in [0.717, 1.165) is 33.5 Å². The maximum absolute atomic E-state index is 14.3. The Hall–Kier alpha value is -1.14. The number of benzene rings is 1. The van der Waals surface area contributed by atoms with Crippen LogP contribution in [0, 0.1) is 5.92 Å². The molecule has 2 rings (SSSR count). The Kier molecular flexibility index (Phi) is 6.86. The standard InChI is InChI=1S/C17H23F2O5P/c1-22-25(21,23-2)24-17(16(18)19,14-11-7-4-8-12-14)15(20)13-9-5-3-6-10-13/h4,7-8,11-13,16H,3,5-6,9-10H2,1-2H3. The first-order valence-electron chi connectivity index (χ1n) is 8.20. The Morgan fingerprint density at radius 1 is 1.12 bits per heavy atom. The monoisotopic (exact) mass is 376 g/mol. The van der Waals surface area contributed by atoms with Gasteiger partial charge in [0.25, 0.3) is 6.43 Å². The molecule has 0 bridgehead atoms. The van der Waals surface area contributed by atoms with Gasteiger partial charge in [-0.2, -0.15) is 0 Å². The lowest BCUT2D eigenvalue weighted by atomic mass is 9.77. The van der Waals surface area contributed by atoms with Crippen LogP contribution in [0.1, 0.15) is 37.7 Å². The maximum Gasteiger partial charge on any atom is 0.475 e. The van der Waals surface area contributed by atoms with Crippen molar-refractivity contribution in [1.29, 1.82) is 0 Å². The van der Waals surface area contributed by atoms with Crippen molar-refractivity contribution in [2.24, 2.45) is 5.92 Å². The van der Waals surface area contributed by atoms with E-state index in [4.69, 9.17) is 4.52 Å². The van der Waals surface area contributed by atoms with Crippen LogP contribution in [0.3, 0.4) is 0 Å². The molecule has 0 radical (unpaired) electrons. The van der Waals surface area contributed by atoms with E-state index in [1.807, 2.05) is 0 Å². The highest BCUT2D eigenvalue weighted by Crippen LogP contribution is 2.56. The minimum atomic E-state index is -4.33. The van der Waals surface area contributed by atoms with Gasteiger partial charge >= 0.3 is 7.82 Å². The van der Waals surface area contributed by atoms with Gasteiger partial charge in [-0.15, -0.1) is 0 Å². The van der Waals surface area contributed by atoms with Crippen LogP contribution in [0.2, 0.25) is 0 Å². The first-order chi connectivity index (χ1) is 11.9. The zero-order valence-corrected chi connectivity index (χ0v) is 15.2. The molecular weight excluding hydrogens is 353 g/mol. The predicted octanol–water partition coefficient (Wildman–Crippen LogP) is 4.71. The number of phosphoric ester groups is 1. The summed E-state index contributed by atoms with van der Waals surface area (Å²) in [4.78, 5) is 13.1. The summed E-state index contributed by atoms with van der Waals surface area (Å²) in [5, 5.41) is 0. The van der Waals surface area contributed by atoms with Crippen molar-refractivity contribution in [2.75, 3.05) is 14.2 Å². The molecule has 1 aliphatic carbocycles. The highest BCUT2D eigenvalue weighted by molar-refractivity contribution is 7.48. The molecule has 1 unspecified atom stereocenters. The summed E-state index contributed by atoms with van der Waals surface area (Å²) in [6.45, 7) is 0. The van der Waals surface area contributed by atoms with Crippen LogP contribution in [0.15, 0.2) is 30.3 Å². The second-order valence-electron chi connectivity index (χ2n) is 6.01. The number of rotatable bonds is 8. The van der Waals surface area contributed by atoms with Crippen molar-refractivity contribution in [3.05, 3.63) is 35.9 Å². The van der Waals surface area contributed by atoms with E-state index in [1.54, 1.807) is 6.07 Å². The highest BCUT2D eigenvalue weighted by Gasteiger charge is 2.56. The number of halogens is 2. The Bertz CT molecular complexity index is 611. The topological polar surface area (TPSA) is 61.8 Å². The van der Waals surface area contributed by atoms with Gasteiger partial charge in [0.05, 0.1) is 0 Å². The Morgan fingerprint density at radius 2 is 1.68 bits per heavy atom. The van der Waals surface area contributed by atoms with Crippen LogP contribution in [0.4, 0.5) is 8.78 Å². The molecule has 25 heavy (non-hydrogen) atoms. The Balaban J connectivity index is 2.55. The minimum absolute atomic E-state index is 0.0603. The molecule has 140 valence electrons. The fraction of sp³-hybridized carbons (Fsp3) is 0.588. The van der Waals surface area contributed by atoms with Crippen LogP contribution in [0.25, 0.3) is 0 Å². The van der Waals surface area contributed by atoms with E-state index in [2.05, 4.69) is 9.05 Å². The summed E-state index contributed by atoms with van der Waals surface area (Å²) in [5.41, 5.74) is -2.75. The molecule has 5 nitrogen and oxygen atoms in total. The van der Waals surface area contributed by atoms with Crippen molar-refractivity contribution >= 4 is 13.6 Å². The molecule has 1 fully saturated rings. The van der Waals surface area contributed by atoms with E-state index in [1.165, 1.54) is 24.3 Å². The Morgan fingerprint density at radius 3 is 2.16 bits per heavy atom. The lowest BCUT2D eigenvalue weighted by Crippen LogP contribution is -2.48. The SMILES string of the molecule is COP(=O)(OC)OC(C(=O)C1CCCCC1)(c1ccccc1)C(F)F. The van der Waals surface area contributed by atoms with Gasteiger partial charge in [-0.05, 0) is 18.4 Å². The van der Waals surface area contributed by atoms with Crippen LogP contribution in [-0.4, -0.2) is 26.4 Å². The molecule has 0 aromatic heterocycles. The summed E-state index contributed by atoms with van der Waals surface area (Å²) in [5.74, 6) is -1.35. The van der Waals surface area contributed by atoms with E-state index in [-0.39, 0.29) is 5.56 Å². The fourth-order valence-corrected chi connectivity index (χ4v) is 4.12. The van der Waals surface area contributed by atoms with E-state index in [9.17, 15) is 18.1 Å². The summed E-state index contributed by atoms with van der Waals surface area (Å²) in [6, 6.07) is 7.41. The van der Waals surface area contributed by atoms with Crippen molar-refractivity contribution in [1.82, 2.24) is 0 Å². The summed E-state index contributed by atoms with van der Waals surface area (Å²) >= 11 is 0. The largest absolute Gasteiger partial charge is 0.475 e. The second-order valence-corrected chi connectivity index (χ2v) is 7.81. The number of carbonyl (C=O) groups excluding carboxylic acids is 1. The van der Waals surface area contributed by atoms with Gasteiger partial charge in [0, 0.05) is 20.1 Å². The summed E-state index contributed by atoms with van der Waals surface area (Å²) < 4.78 is 55.6.